The molecule has 4 rings (SSSR count). The van der Waals surface area contributed by atoms with E-state index in [1.807, 2.05) is 58.0 Å². The first kappa shape index (κ1) is 18.0. The van der Waals surface area contributed by atoms with E-state index in [2.05, 4.69) is 30.3 Å². The molecule has 1 aliphatic heterocycles. The van der Waals surface area contributed by atoms with Crippen LogP contribution >= 0.6 is 0 Å². The number of aldehydes is 1. The van der Waals surface area contributed by atoms with Crippen molar-refractivity contribution in [1.29, 1.82) is 0 Å². The molecule has 0 saturated carbocycles. The van der Waals surface area contributed by atoms with E-state index >= 15 is 0 Å². The molecule has 0 aliphatic carbocycles. The van der Waals surface area contributed by atoms with Crippen LogP contribution in [0.1, 0.15) is 38.1 Å². The fourth-order valence-electron chi connectivity index (χ4n) is 3.41. The summed E-state index contributed by atoms with van der Waals surface area (Å²) in [6.07, 6.45) is 0.880. The van der Waals surface area contributed by atoms with Crippen LogP contribution in [0.25, 0.3) is 21.9 Å². The first-order chi connectivity index (χ1) is 12.8. The lowest BCUT2D eigenvalue weighted by Crippen LogP contribution is -2.41. The van der Waals surface area contributed by atoms with Gasteiger partial charge in [0.15, 0.2) is 0 Å². The van der Waals surface area contributed by atoms with Gasteiger partial charge >= 0.3 is 7.12 Å². The van der Waals surface area contributed by atoms with Crippen LogP contribution in [-0.2, 0) is 9.31 Å². The summed E-state index contributed by atoms with van der Waals surface area (Å²) >= 11 is 0. The third kappa shape index (κ3) is 3.09. The number of hydrogen-bond donors (Lipinski definition) is 0. The van der Waals surface area contributed by atoms with Crippen LogP contribution in [0, 0.1) is 0 Å². The molecule has 1 heterocycles. The van der Waals surface area contributed by atoms with Gasteiger partial charge in [0, 0.05) is 5.56 Å². The maximum atomic E-state index is 11.8. The first-order valence-corrected chi connectivity index (χ1v) is 9.25. The fourth-order valence-corrected chi connectivity index (χ4v) is 3.41. The normalized spacial score (nSPS) is 18.0. The predicted octanol–water partition coefficient (Wildman–Crippen LogP) is 4.62. The minimum Gasteiger partial charge on any atom is -0.399 e. The van der Waals surface area contributed by atoms with Crippen LogP contribution < -0.4 is 5.46 Å². The number of carbonyl (C=O) groups is 1. The standard InChI is InChI=1S/C23H23BO3/c1-22(2)23(3,4)27-24(26-22)21-12-11-19(14-20(21)15-25)18-10-9-16-7-5-6-8-17(16)13-18/h5-15H,1-4H3. The van der Waals surface area contributed by atoms with E-state index < -0.39 is 18.3 Å². The summed E-state index contributed by atoms with van der Waals surface area (Å²) in [5.74, 6) is 0. The Bertz CT molecular complexity index is 1010. The second kappa shape index (κ2) is 6.33. The van der Waals surface area contributed by atoms with E-state index in [1.54, 1.807) is 0 Å². The number of carbonyl (C=O) groups excluding carboxylic acids is 1. The lowest BCUT2D eigenvalue weighted by molar-refractivity contribution is 0.00578. The Kier molecular flexibility index (Phi) is 4.21. The Hall–Kier alpha value is -2.43. The zero-order valence-electron chi connectivity index (χ0n) is 16.2. The number of benzene rings is 3. The fraction of sp³-hybridized carbons (Fsp3) is 0.261. The Balaban J connectivity index is 1.72. The van der Waals surface area contributed by atoms with Crippen molar-refractivity contribution < 1.29 is 14.1 Å². The maximum Gasteiger partial charge on any atom is 0.495 e. The summed E-state index contributed by atoms with van der Waals surface area (Å²) in [7, 11) is -0.541. The van der Waals surface area contributed by atoms with Gasteiger partial charge in [-0.05, 0) is 67.2 Å². The molecule has 0 bridgehead atoms. The third-order valence-electron chi connectivity index (χ3n) is 5.80. The Morgan fingerprint density at radius 1 is 0.778 bits per heavy atom. The van der Waals surface area contributed by atoms with Crippen molar-refractivity contribution in [1.82, 2.24) is 0 Å². The Morgan fingerprint density at radius 3 is 2.04 bits per heavy atom. The molecule has 0 spiro atoms. The van der Waals surface area contributed by atoms with Crippen LogP contribution in [-0.4, -0.2) is 24.6 Å². The van der Waals surface area contributed by atoms with Crippen molar-refractivity contribution in [3.8, 4) is 11.1 Å². The van der Waals surface area contributed by atoms with E-state index in [0.717, 1.165) is 22.9 Å². The average Bonchev–Trinajstić information content (AvgIpc) is 2.88. The van der Waals surface area contributed by atoms with E-state index in [4.69, 9.17) is 9.31 Å². The molecular formula is C23H23BO3. The lowest BCUT2D eigenvalue weighted by atomic mass is 9.75. The Morgan fingerprint density at radius 2 is 1.37 bits per heavy atom. The minimum absolute atomic E-state index is 0.436. The molecule has 27 heavy (non-hydrogen) atoms. The molecule has 0 atom stereocenters. The molecule has 1 aliphatic rings. The minimum atomic E-state index is -0.541. The molecule has 3 aromatic rings. The molecule has 1 fully saturated rings. The molecule has 0 radical (unpaired) electrons. The van der Waals surface area contributed by atoms with Crippen molar-refractivity contribution in [3.63, 3.8) is 0 Å². The van der Waals surface area contributed by atoms with Gasteiger partial charge in [-0.15, -0.1) is 0 Å². The largest absolute Gasteiger partial charge is 0.495 e. The van der Waals surface area contributed by atoms with E-state index in [1.165, 1.54) is 10.8 Å². The highest BCUT2D eigenvalue weighted by atomic mass is 16.7. The highest BCUT2D eigenvalue weighted by Crippen LogP contribution is 2.37. The van der Waals surface area contributed by atoms with E-state index in [-0.39, 0.29) is 0 Å². The monoisotopic (exact) mass is 358 g/mol. The van der Waals surface area contributed by atoms with E-state index in [9.17, 15) is 4.79 Å². The molecule has 136 valence electrons. The highest BCUT2D eigenvalue weighted by molar-refractivity contribution is 6.63. The summed E-state index contributed by atoms with van der Waals surface area (Å²) in [6, 6.07) is 20.5. The molecule has 0 unspecified atom stereocenters. The third-order valence-corrected chi connectivity index (χ3v) is 5.80. The van der Waals surface area contributed by atoms with Crippen molar-refractivity contribution in [3.05, 3.63) is 66.2 Å². The number of fused-ring (bicyclic) bond motifs is 1. The van der Waals surface area contributed by atoms with Crippen molar-refractivity contribution in [2.75, 3.05) is 0 Å². The van der Waals surface area contributed by atoms with Gasteiger partial charge in [-0.3, -0.25) is 4.79 Å². The van der Waals surface area contributed by atoms with Crippen molar-refractivity contribution >= 4 is 29.6 Å². The predicted molar refractivity (Wildman–Crippen MR) is 110 cm³/mol. The maximum absolute atomic E-state index is 11.8. The summed E-state index contributed by atoms with van der Waals surface area (Å²) in [5, 5.41) is 2.38. The van der Waals surface area contributed by atoms with Crippen LogP contribution in [0.5, 0.6) is 0 Å². The van der Waals surface area contributed by atoms with Crippen molar-refractivity contribution in [2.24, 2.45) is 0 Å². The summed E-state index contributed by atoms with van der Waals surface area (Å²) in [5.41, 5.74) is 2.58. The summed E-state index contributed by atoms with van der Waals surface area (Å²) in [6.45, 7) is 8.04. The molecule has 1 saturated heterocycles. The quantitative estimate of drug-likeness (QED) is 0.506. The SMILES string of the molecule is CC1(C)OB(c2ccc(-c3ccc4ccccc4c3)cc2C=O)OC1(C)C. The van der Waals surface area contributed by atoms with Gasteiger partial charge in [0.25, 0.3) is 0 Å². The molecule has 0 aromatic heterocycles. The first-order valence-electron chi connectivity index (χ1n) is 9.25. The number of hydrogen-bond acceptors (Lipinski definition) is 3. The topological polar surface area (TPSA) is 35.5 Å². The molecule has 0 amide bonds. The molecule has 4 heteroatoms. The number of rotatable bonds is 3. The van der Waals surface area contributed by atoms with Gasteiger partial charge < -0.3 is 9.31 Å². The van der Waals surface area contributed by atoms with E-state index in [0.29, 0.717) is 5.56 Å². The van der Waals surface area contributed by atoms with Gasteiger partial charge in [-0.1, -0.05) is 48.5 Å². The zero-order valence-corrected chi connectivity index (χ0v) is 16.2. The van der Waals surface area contributed by atoms with Gasteiger partial charge in [0.1, 0.15) is 6.29 Å². The average molecular weight is 358 g/mol. The Labute approximate surface area is 160 Å². The second-order valence-corrected chi connectivity index (χ2v) is 8.11. The van der Waals surface area contributed by atoms with Gasteiger partial charge in [-0.25, -0.2) is 0 Å². The second-order valence-electron chi connectivity index (χ2n) is 8.11. The zero-order chi connectivity index (χ0) is 19.2. The summed E-state index contributed by atoms with van der Waals surface area (Å²) < 4.78 is 12.2. The lowest BCUT2D eigenvalue weighted by Gasteiger charge is -2.32. The molecular weight excluding hydrogens is 335 g/mol. The molecule has 3 aromatic carbocycles. The highest BCUT2D eigenvalue weighted by Gasteiger charge is 2.52. The van der Waals surface area contributed by atoms with Crippen LogP contribution in [0.3, 0.4) is 0 Å². The molecule has 0 N–H and O–H groups in total. The smallest absolute Gasteiger partial charge is 0.399 e. The van der Waals surface area contributed by atoms with Gasteiger partial charge in [-0.2, -0.15) is 0 Å². The van der Waals surface area contributed by atoms with Crippen molar-refractivity contribution in [2.45, 2.75) is 38.9 Å². The summed E-state index contributed by atoms with van der Waals surface area (Å²) in [4.78, 5) is 11.8. The van der Waals surface area contributed by atoms with Crippen LogP contribution in [0.4, 0.5) is 0 Å². The van der Waals surface area contributed by atoms with Gasteiger partial charge in [0.2, 0.25) is 0 Å². The molecule has 3 nitrogen and oxygen atoms in total. The van der Waals surface area contributed by atoms with Gasteiger partial charge in [0.05, 0.1) is 11.2 Å². The van der Waals surface area contributed by atoms with Crippen LogP contribution in [0.15, 0.2) is 60.7 Å². The van der Waals surface area contributed by atoms with Crippen LogP contribution in [0.2, 0.25) is 0 Å².